The number of rotatable bonds is 11. The van der Waals surface area contributed by atoms with Crippen molar-refractivity contribution in [2.75, 3.05) is 32.2 Å². The minimum atomic E-state index is -1.35. The zero-order valence-corrected chi connectivity index (χ0v) is 22.0. The maximum Gasteiger partial charge on any atom is 0.233 e. The first-order valence-electron chi connectivity index (χ1n) is 11.6. The smallest absolute Gasteiger partial charge is 0.233 e. The highest BCUT2D eigenvalue weighted by Gasteiger charge is 2.21. The summed E-state index contributed by atoms with van der Waals surface area (Å²) in [4.78, 5) is 31.6. The summed E-state index contributed by atoms with van der Waals surface area (Å²) in [5.41, 5.74) is 2.00. The van der Waals surface area contributed by atoms with E-state index in [1.165, 1.54) is 12.1 Å². The fourth-order valence-corrected chi connectivity index (χ4v) is 2.49. The molecule has 0 aliphatic heterocycles. The van der Waals surface area contributed by atoms with Gasteiger partial charge in [-0.2, -0.15) is 0 Å². The molecule has 0 unspecified atom stereocenters. The SMILES string of the molecule is CC.CC.CCON(C=O)Cc1cc(C=O)c(Nc2ccc(C)cc2F)c(F)c1F.CNOCCO. The maximum atomic E-state index is 14.5. The molecule has 2 aromatic carbocycles. The van der Waals surface area contributed by atoms with E-state index in [1.54, 1.807) is 27.0 Å². The van der Waals surface area contributed by atoms with Gasteiger partial charge in [0.25, 0.3) is 0 Å². The number of aliphatic hydroxyl groups is 1. The molecule has 0 radical (unpaired) electrons. The van der Waals surface area contributed by atoms with E-state index >= 15 is 0 Å². The second-order valence-electron chi connectivity index (χ2n) is 6.23. The molecule has 0 aromatic heterocycles. The Balaban J connectivity index is 0. The molecule has 2 rings (SSSR count). The molecule has 0 aliphatic rings. The molecule has 0 spiro atoms. The highest BCUT2D eigenvalue weighted by atomic mass is 19.2. The average molecular weight is 518 g/mol. The first kappa shape index (κ1) is 35.2. The zero-order valence-electron chi connectivity index (χ0n) is 22.0. The van der Waals surface area contributed by atoms with E-state index in [2.05, 4.69) is 15.6 Å². The number of hydrogen-bond donors (Lipinski definition) is 3. The van der Waals surface area contributed by atoms with E-state index in [9.17, 15) is 22.8 Å². The van der Waals surface area contributed by atoms with Crippen molar-refractivity contribution in [1.29, 1.82) is 0 Å². The van der Waals surface area contributed by atoms with Crippen molar-refractivity contribution >= 4 is 24.1 Å². The van der Waals surface area contributed by atoms with Crippen molar-refractivity contribution in [2.45, 2.75) is 48.1 Å². The third kappa shape index (κ3) is 12.1. The Morgan fingerprint density at radius 1 is 1.06 bits per heavy atom. The molecule has 0 heterocycles. The Labute approximate surface area is 211 Å². The minimum absolute atomic E-state index is 0.0703. The second-order valence-corrected chi connectivity index (χ2v) is 6.23. The van der Waals surface area contributed by atoms with Crippen LogP contribution in [0.2, 0.25) is 0 Å². The van der Waals surface area contributed by atoms with Crippen LogP contribution in [-0.4, -0.2) is 49.7 Å². The second kappa shape index (κ2) is 21.3. The van der Waals surface area contributed by atoms with Crippen LogP contribution >= 0.6 is 0 Å². The van der Waals surface area contributed by atoms with Gasteiger partial charge < -0.3 is 10.4 Å². The summed E-state index contributed by atoms with van der Waals surface area (Å²) in [5, 5.41) is 11.2. The summed E-state index contributed by atoms with van der Waals surface area (Å²) < 4.78 is 42.8. The lowest BCUT2D eigenvalue weighted by Crippen LogP contribution is -2.23. The lowest BCUT2D eigenvalue weighted by atomic mass is 10.1. The quantitative estimate of drug-likeness (QED) is 0.218. The van der Waals surface area contributed by atoms with Crippen LogP contribution in [0.1, 0.15) is 56.1 Å². The van der Waals surface area contributed by atoms with E-state index < -0.39 is 23.1 Å². The van der Waals surface area contributed by atoms with Crippen LogP contribution in [-0.2, 0) is 21.0 Å². The molecule has 0 saturated heterocycles. The fraction of sp³-hybridized carbons (Fsp3) is 0.440. The van der Waals surface area contributed by atoms with Crippen molar-refractivity contribution in [3.05, 3.63) is 58.4 Å². The van der Waals surface area contributed by atoms with Crippen LogP contribution in [0.25, 0.3) is 0 Å². The Kier molecular flexibility index (Phi) is 20.8. The van der Waals surface area contributed by atoms with Crippen LogP contribution in [0.15, 0.2) is 24.3 Å². The predicted octanol–water partition coefficient (Wildman–Crippen LogP) is 5.06. The minimum Gasteiger partial charge on any atom is -0.394 e. The first-order valence-corrected chi connectivity index (χ1v) is 11.6. The largest absolute Gasteiger partial charge is 0.394 e. The van der Waals surface area contributed by atoms with Gasteiger partial charge in [-0.05, 0) is 37.6 Å². The number of amides is 1. The molecule has 0 aliphatic carbocycles. The van der Waals surface area contributed by atoms with E-state index in [0.717, 1.165) is 11.1 Å². The number of aldehydes is 1. The van der Waals surface area contributed by atoms with Gasteiger partial charge in [0.1, 0.15) is 5.82 Å². The van der Waals surface area contributed by atoms with Crippen LogP contribution in [0.5, 0.6) is 0 Å². The number of nitrogens with zero attached hydrogens (tertiary/aromatic N) is 1. The van der Waals surface area contributed by atoms with Gasteiger partial charge in [-0.25, -0.2) is 23.7 Å². The Morgan fingerprint density at radius 3 is 2.14 bits per heavy atom. The van der Waals surface area contributed by atoms with E-state index in [-0.39, 0.29) is 36.6 Å². The van der Waals surface area contributed by atoms with Crippen molar-refractivity contribution in [3.8, 4) is 0 Å². The van der Waals surface area contributed by atoms with Crippen LogP contribution in [0, 0.1) is 24.4 Å². The molecule has 11 heteroatoms. The topological polar surface area (TPSA) is 100 Å². The summed E-state index contributed by atoms with van der Waals surface area (Å²) in [7, 11) is 1.65. The third-order valence-electron chi connectivity index (χ3n) is 3.90. The summed E-state index contributed by atoms with van der Waals surface area (Å²) in [6.07, 6.45) is 0.627. The number of benzene rings is 2. The van der Waals surface area contributed by atoms with Gasteiger partial charge >= 0.3 is 0 Å². The molecular formula is C25H38F3N3O5. The molecule has 1 amide bonds. The zero-order chi connectivity index (χ0) is 28.1. The van der Waals surface area contributed by atoms with Crippen molar-refractivity contribution in [2.24, 2.45) is 0 Å². The Bertz CT molecular complexity index is 898. The standard InChI is InChI=1S/C18H17F3N2O3.C3H9NO2.2C2H6/c1-3-26-23(10-25)8-12-7-13(9-24)18(17(21)16(12)20)22-15-5-4-11(2)6-14(15)19;1-4-6-3-2-5;2*1-2/h4-7,9-10,22H,3,8H2,1-2H3;4-5H,2-3H2,1H3;2*1-2H3. The lowest BCUT2D eigenvalue weighted by Gasteiger charge is -2.18. The first-order chi connectivity index (χ1) is 17.3. The molecular weight excluding hydrogens is 479 g/mol. The normalized spacial score (nSPS) is 9.42. The maximum absolute atomic E-state index is 14.5. The fourth-order valence-electron chi connectivity index (χ4n) is 2.49. The molecule has 0 atom stereocenters. The van der Waals surface area contributed by atoms with E-state index in [0.29, 0.717) is 24.9 Å². The number of hydrogen-bond acceptors (Lipinski definition) is 7. The lowest BCUT2D eigenvalue weighted by molar-refractivity contribution is -0.173. The van der Waals surface area contributed by atoms with Crippen molar-refractivity contribution in [1.82, 2.24) is 10.5 Å². The molecule has 2 aromatic rings. The number of carbonyl (C=O) groups is 2. The summed E-state index contributed by atoms with van der Waals surface area (Å²) in [6.45, 7) is 11.5. The summed E-state index contributed by atoms with van der Waals surface area (Å²) in [5.74, 6) is -3.29. The molecule has 36 heavy (non-hydrogen) atoms. The Morgan fingerprint density at radius 2 is 1.69 bits per heavy atom. The average Bonchev–Trinajstić information content (AvgIpc) is 2.90. The molecule has 8 nitrogen and oxygen atoms in total. The number of anilines is 2. The van der Waals surface area contributed by atoms with E-state index in [1.807, 2.05) is 27.7 Å². The molecule has 3 N–H and O–H groups in total. The van der Waals surface area contributed by atoms with Crippen LogP contribution in [0.3, 0.4) is 0 Å². The van der Waals surface area contributed by atoms with Crippen LogP contribution in [0.4, 0.5) is 24.5 Å². The van der Waals surface area contributed by atoms with Gasteiger partial charge in [0.15, 0.2) is 17.9 Å². The van der Waals surface area contributed by atoms with E-state index in [4.69, 9.17) is 9.94 Å². The monoisotopic (exact) mass is 517 g/mol. The highest BCUT2D eigenvalue weighted by molar-refractivity contribution is 5.87. The molecule has 0 fully saturated rings. The van der Waals surface area contributed by atoms with Gasteiger partial charge in [-0.3, -0.25) is 19.3 Å². The summed E-state index contributed by atoms with van der Waals surface area (Å²) >= 11 is 0. The Hall–Kier alpha value is -2.99. The molecule has 204 valence electrons. The van der Waals surface area contributed by atoms with Gasteiger partial charge in [0.2, 0.25) is 6.41 Å². The van der Waals surface area contributed by atoms with Crippen molar-refractivity contribution in [3.63, 3.8) is 0 Å². The third-order valence-corrected chi connectivity index (χ3v) is 3.90. The van der Waals surface area contributed by atoms with Crippen molar-refractivity contribution < 1.29 is 37.5 Å². The van der Waals surface area contributed by atoms with Gasteiger partial charge in [-0.1, -0.05) is 33.8 Å². The summed E-state index contributed by atoms with van der Waals surface area (Å²) in [6, 6.07) is 5.23. The van der Waals surface area contributed by atoms with Gasteiger partial charge in [0.05, 0.1) is 37.7 Å². The number of hydroxylamine groups is 3. The van der Waals surface area contributed by atoms with Gasteiger partial charge in [-0.15, -0.1) is 0 Å². The number of nitrogens with one attached hydrogen (secondary N) is 2. The predicted molar refractivity (Wildman–Crippen MR) is 134 cm³/mol. The number of halogens is 3. The van der Waals surface area contributed by atoms with Gasteiger partial charge in [0, 0.05) is 18.2 Å². The number of carbonyl (C=O) groups excluding carboxylic acids is 2. The number of aliphatic hydroxyl groups excluding tert-OH is 1. The molecule has 0 bridgehead atoms. The van der Waals surface area contributed by atoms with Crippen LogP contribution < -0.4 is 10.8 Å². The highest BCUT2D eigenvalue weighted by Crippen LogP contribution is 2.29. The number of aryl methyl sites for hydroxylation is 1. The molecule has 0 saturated carbocycles.